The van der Waals surface area contributed by atoms with Crippen LogP contribution in [0.5, 0.6) is 0 Å². The minimum Gasteiger partial charge on any atom is -0.310 e. The number of rotatable bonds is 7. The third-order valence-electron chi connectivity index (χ3n) is 15.9. The maximum atomic E-state index is 2.69. The lowest BCUT2D eigenvalue weighted by atomic mass is 9.34. The van der Waals surface area contributed by atoms with Crippen LogP contribution in [0.3, 0.4) is 0 Å². The van der Waals surface area contributed by atoms with Gasteiger partial charge in [-0.25, -0.2) is 0 Å². The number of anilines is 3. The summed E-state index contributed by atoms with van der Waals surface area (Å²) in [6.45, 7) is 6.97. The molecule has 3 heteroatoms. The molecule has 350 valence electrons. The molecular weight excluding hydrogens is 910 g/mol. The maximum absolute atomic E-state index is 2.69. The Morgan fingerprint density at radius 3 is 1.38 bits per heavy atom. The molecule has 1 aliphatic carbocycles. The van der Waals surface area contributed by atoms with E-state index < -0.39 is 5.41 Å². The van der Waals surface area contributed by atoms with E-state index in [2.05, 4.69) is 287 Å². The van der Waals surface area contributed by atoms with E-state index in [4.69, 9.17) is 0 Å². The first-order valence-electron chi connectivity index (χ1n) is 25.9. The lowest BCUT2D eigenvalue weighted by Crippen LogP contribution is -2.60. The zero-order valence-corrected chi connectivity index (χ0v) is 42.6. The van der Waals surface area contributed by atoms with Crippen LogP contribution in [0, 0.1) is 0 Å². The molecule has 74 heavy (non-hydrogen) atoms. The van der Waals surface area contributed by atoms with Gasteiger partial charge in [0, 0.05) is 32.3 Å². The predicted octanol–water partition coefficient (Wildman–Crippen LogP) is 16.8. The number of benzene rings is 11. The summed E-state index contributed by atoms with van der Waals surface area (Å²) in [5.41, 5.74) is 25.5. The van der Waals surface area contributed by atoms with E-state index >= 15 is 0 Å². The average Bonchev–Trinajstić information content (AvgIpc) is 3.77. The summed E-state index contributed by atoms with van der Waals surface area (Å²) in [5, 5.41) is 0. The van der Waals surface area contributed by atoms with Crippen LogP contribution >= 0.6 is 11.8 Å². The molecule has 0 atom stereocenters. The molecule has 0 bridgehead atoms. The molecule has 0 radical (unpaired) electrons. The van der Waals surface area contributed by atoms with Crippen molar-refractivity contribution in [3.05, 3.63) is 289 Å². The fourth-order valence-electron chi connectivity index (χ4n) is 12.5. The Kier molecular flexibility index (Phi) is 10.4. The van der Waals surface area contributed by atoms with Gasteiger partial charge in [0.25, 0.3) is 0 Å². The topological polar surface area (TPSA) is 3.24 Å². The minimum atomic E-state index is -0.614. The highest BCUT2D eigenvalue weighted by Gasteiger charge is 2.49. The fraction of sp³-hybridized carbons (Fsp3) is 0.0704. The van der Waals surface area contributed by atoms with Crippen LogP contribution in [-0.2, 0) is 10.8 Å². The highest BCUT2D eigenvalue weighted by molar-refractivity contribution is 8.00. The molecule has 11 aromatic carbocycles. The van der Waals surface area contributed by atoms with Gasteiger partial charge in [0.15, 0.2) is 0 Å². The Hall–Kier alpha value is -8.37. The molecule has 0 saturated heterocycles. The van der Waals surface area contributed by atoms with E-state index in [1.54, 1.807) is 0 Å². The number of hydrogen-bond donors (Lipinski definition) is 0. The van der Waals surface area contributed by atoms with Crippen molar-refractivity contribution in [2.75, 3.05) is 4.90 Å². The molecule has 14 rings (SSSR count). The summed E-state index contributed by atoms with van der Waals surface area (Å²) in [6, 6.07) is 98.3. The lowest BCUT2D eigenvalue weighted by Gasteiger charge is -2.44. The lowest BCUT2D eigenvalue weighted by molar-refractivity contribution is 0.591. The monoisotopic (exact) mass is 961 g/mol. The highest BCUT2D eigenvalue weighted by atomic mass is 32.2. The smallest absolute Gasteiger partial charge is 0.249 e. The molecule has 0 spiro atoms. The highest BCUT2D eigenvalue weighted by Crippen LogP contribution is 2.58. The van der Waals surface area contributed by atoms with Crippen molar-refractivity contribution in [1.29, 1.82) is 0 Å². The van der Waals surface area contributed by atoms with Gasteiger partial charge in [0.2, 0.25) is 6.71 Å². The average molecular weight is 962 g/mol. The first-order valence-corrected chi connectivity index (χ1v) is 26.8. The van der Waals surface area contributed by atoms with Gasteiger partial charge in [-0.3, -0.25) is 0 Å². The van der Waals surface area contributed by atoms with Crippen molar-refractivity contribution in [3.8, 4) is 55.6 Å². The number of nitrogens with zero attached hydrogens (tertiary/aromatic N) is 1. The maximum Gasteiger partial charge on any atom is 0.249 e. The van der Waals surface area contributed by atoms with Gasteiger partial charge in [-0.2, -0.15) is 0 Å². The Morgan fingerprint density at radius 1 is 0.365 bits per heavy atom. The summed E-state index contributed by atoms with van der Waals surface area (Å²) in [7, 11) is 0. The van der Waals surface area contributed by atoms with E-state index in [9.17, 15) is 0 Å². The van der Waals surface area contributed by atoms with Crippen LogP contribution < -0.4 is 21.3 Å². The van der Waals surface area contributed by atoms with Gasteiger partial charge in [-0.1, -0.05) is 262 Å². The molecule has 2 heterocycles. The molecule has 3 aliphatic rings. The molecule has 1 nitrogen and oxygen atoms in total. The summed E-state index contributed by atoms with van der Waals surface area (Å²) >= 11 is 1.94. The molecular formula is C71H52BNS. The van der Waals surface area contributed by atoms with Crippen molar-refractivity contribution in [3.63, 3.8) is 0 Å². The number of fused-ring (bicyclic) bond motifs is 7. The molecule has 0 amide bonds. The third-order valence-corrected chi connectivity index (χ3v) is 17.1. The Labute approximate surface area is 440 Å². The summed E-state index contributed by atoms with van der Waals surface area (Å²) in [6.07, 6.45) is 0. The predicted molar refractivity (Wildman–Crippen MR) is 314 cm³/mol. The summed E-state index contributed by atoms with van der Waals surface area (Å²) in [5.74, 6) is 0. The van der Waals surface area contributed by atoms with Gasteiger partial charge >= 0.3 is 0 Å². The van der Waals surface area contributed by atoms with Gasteiger partial charge in [0.1, 0.15) is 0 Å². The quantitative estimate of drug-likeness (QED) is 0.146. The summed E-state index contributed by atoms with van der Waals surface area (Å²) < 4.78 is 0. The SMILES string of the molecule is CC(C)(C)c1cc(-c2ccccc2)c(N2c3ccc(-c4ccccc4)cc3B3c4cc(-c5ccccc5)ccc4Sc4cc(C5(c6ccccc6)c6ccccc6-c6ccccc65)cc2c43)c(-c2ccccc2)c1. The Morgan fingerprint density at radius 2 is 0.838 bits per heavy atom. The van der Waals surface area contributed by atoms with E-state index in [-0.39, 0.29) is 12.1 Å². The Balaban J connectivity index is 1.16. The largest absolute Gasteiger partial charge is 0.310 e. The molecule has 0 N–H and O–H groups in total. The molecule has 0 fully saturated rings. The van der Waals surface area contributed by atoms with Crippen LogP contribution in [0.1, 0.15) is 48.6 Å². The summed E-state index contributed by atoms with van der Waals surface area (Å²) in [4.78, 5) is 5.27. The molecule has 0 saturated carbocycles. The standard InChI is InChI=1S/C71H52BNS/c1-70(2,3)54-43-58(49-27-13-6-14-28-49)69(59(44-54)50-29-15-7-16-30-50)73-64-39-37-51(47-23-9-4-10-24-47)41-62(64)72-63-42-52(48-25-11-5-12-26-48)38-40-66(63)74-67-46-55(45-65(73)68(67)72)71(53-31-17-8-18-32-53)60-35-21-19-33-56(60)57-34-20-22-36-61(57)71/h4-46H,1-3H3. The molecule has 0 unspecified atom stereocenters. The van der Waals surface area contributed by atoms with Crippen molar-refractivity contribution in [2.24, 2.45) is 0 Å². The first kappa shape index (κ1) is 44.3. The van der Waals surface area contributed by atoms with Crippen molar-refractivity contribution in [1.82, 2.24) is 0 Å². The van der Waals surface area contributed by atoms with E-state index in [0.717, 1.165) is 0 Å². The zero-order chi connectivity index (χ0) is 49.5. The number of hydrogen-bond acceptors (Lipinski definition) is 2. The van der Waals surface area contributed by atoms with Crippen LogP contribution in [-0.4, -0.2) is 6.71 Å². The van der Waals surface area contributed by atoms with Gasteiger partial charge in [0.05, 0.1) is 11.1 Å². The van der Waals surface area contributed by atoms with Gasteiger partial charge in [-0.15, -0.1) is 0 Å². The second kappa shape index (κ2) is 17.4. The van der Waals surface area contributed by atoms with Crippen LogP contribution in [0.15, 0.2) is 271 Å². The fourth-order valence-corrected chi connectivity index (χ4v) is 13.7. The van der Waals surface area contributed by atoms with Crippen molar-refractivity contribution >= 4 is 51.9 Å². The van der Waals surface area contributed by atoms with Gasteiger partial charge in [-0.05, 0) is 125 Å². The zero-order valence-electron chi connectivity index (χ0n) is 41.8. The van der Waals surface area contributed by atoms with E-state index in [1.807, 2.05) is 11.8 Å². The minimum absolute atomic E-state index is 0.0612. The van der Waals surface area contributed by atoms with Crippen LogP contribution in [0.4, 0.5) is 17.1 Å². The second-order valence-electron chi connectivity index (χ2n) is 21.1. The van der Waals surface area contributed by atoms with Crippen LogP contribution in [0.2, 0.25) is 0 Å². The van der Waals surface area contributed by atoms with E-state index in [0.29, 0.717) is 0 Å². The Bertz CT molecular complexity index is 3850. The van der Waals surface area contributed by atoms with Crippen molar-refractivity contribution in [2.45, 2.75) is 41.4 Å². The normalized spacial score (nSPS) is 13.6. The first-order chi connectivity index (χ1) is 36.3. The van der Waals surface area contributed by atoms with Crippen molar-refractivity contribution < 1.29 is 0 Å². The second-order valence-corrected chi connectivity index (χ2v) is 22.2. The van der Waals surface area contributed by atoms with Gasteiger partial charge < -0.3 is 4.90 Å². The third kappa shape index (κ3) is 6.94. The molecule has 11 aromatic rings. The van der Waals surface area contributed by atoms with E-state index in [1.165, 1.54) is 127 Å². The molecule has 2 aliphatic heterocycles. The molecule has 0 aromatic heterocycles. The van der Waals surface area contributed by atoms with Crippen LogP contribution in [0.25, 0.3) is 55.6 Å².